The van der Waals surface area contributed by atoms with E-state index in [0.29, 0.717) is 17.0 Å². The van der Waals surface area contributed by atoms with Crippen molar-refractivity contribution in [3.8, 4) is 11.5 Å². The van der Waals surface area contributed by atoms with Crippen LogP contribution in [-0.4, -0.2) is 25.1 Å². The van der Waals surface area contributed by atoms with Gasteiger partial charge in [-0.1, -0.05) is 12.1 Å². The zero-order valence-electron chi connectivity index (χ0n) is 19.7. The number of anilines is 3. The standard InChI is InChI=1S/C28H26BrN3O3/c1-34-25-10-6-5-9-24(25)32-27-19-7-3-4-8-22(19)31-23-14-12-18(16-20(23)27)30-28(33)17-11-13-21(29)26(15-17)35-2/h5-6,9-16H,3-4,7-8H2,1-2H3,(H,30,33)(H,31,32). The van der Waals surface area contributed by atoms with Crippen LogP contribution in [0, 0.1) is 0 Å². The van der Waals surface area contributed by atoms with Gasteiger partial charge in [0.05, 0.1) is 35.6 Å². The van der Waals surface area contributed by atoms with Crippen LogP contribution in [0.4, 0.5) is 17.1 Å². The molecule has 6 nitrogen and oxygen atoms in total. The number of nitrogens with one attached hydrogen (secondary N) is 2. The van der Waals surface area contributed by atoms with Gasteiger partial charge in [-0.3, -0.25) is 9.78 Å². The molecule has 0 saturated heterocycles. The van der Waals surface area contributed by atoms with E-state index in [4.69, 9.17) is 14.5 Å². The van der Waals surface area contributed by atoms with Crippen molar-refractivity contribution < 1.29 is 14.3 Å². The topological polar surface area (TPSA) is 72.5 Å². The third-order valence-corrected chi connectivity index (χ3v) is 6.95. The summed E-state index contributed by atoms with van der Waals surface area (Å²) in [6.45, 7) is 0. The summed E-state index contributed by atoms with van der Waals surface area (Å²) in [5, 5.41) is 7.61. The summed E-state index contributed by atoms with van der Waals surface area (Å²) < 4.78 is 11.7. The first-order valence-corrected chi connectivity index (χ1v) is 12.4. The number of aromatic nitrogens is 1. The van der Waals surface area contributed by atoms with Crippen molar-refractivity contribution in [2.45, 2.75) is 25.7 Å². The molecule has 178 valence electrons. The summed E-state index contributed by atoms with van der Waals surface area (Å²) in [6, 6.07) is 19.0. The molecule has 1 aliphatic carbocycles. The van der Waals surface area contributed by atoms with E-state index < -0.39 is 0 Å². The number of nitrogens with zero attached hydrogens (tertiary/aromatic N) is 1. The van der Waals surface area contributed by atoms with Gasteiger partial charge in [0.15, 0.2) is 0 Å². The Morgan fingerprint density at radius 2 is 1.74 bits per heavy atom. The Kier molecular flexibility index (Phi) is 6.59. The van der Waals surface area contributed by atoms with Crippen LogP contribution in [-0.2, 0) is 12.8 Å². The Balaban J connectivity index is 1.55. The first-order valence-electron chi connectivity index (χ1n) is 11.6. The monoisotopic (exact) mass is 531 g/mol. The summed E-state index contributed by atoms with van der Waals surface area (Å²) in [6.07, 6.45) is 4.20. The lowest BCUT2D eigenvalue weighted by Gasteiger charge is -2.23. The molecule has 0 bridgehead atoms. The van der Waals surface area contributed by atoms with E-state index in [1.807, 2.05) is 42.5 Å². The SMILES string of the molecule is COc1cc(C(=O)Nc2ccc3nc4c(c(Nc5ccccc5OC)c3c2)CCCC4)ccc1Br. The Bertz CT molecular complexity index is 1420. The van der Waals surface area contributed by atoms with Gasteiger partial charge < -0.3 is 20.1 Å². The second-order valence-electron chi connectivity index (χ2n) is 8.48. The minimum Gasteiger partial charge on any atom is -0.496 e. The number of carbonyl (C=O) groups excluding carboxylic acids is 1. The molecule has 0 saturated carbocycles. The predicted molar refractivity (Wildman–Crippen MR) is 143 cm³/mol. The Labute approximate surface area is 212 Å². The van der Waals surface area contributed by atoms with Gasteiger partial charge in [0.25, 0.3) is 5.91 Å². The van der Waals surface area contributed by atoms with Gasteiger partial charge in [0, 0.05) is 22.3 Å². The van der Waals surface area contributed by atoms with Crippen LogP contribution in [0.3, 0.4) is 0 Å². The molecule has 35 heavy (non-hydrogen) atoms. The largest absolute Gasteiger partial charge is 0.496 e. The highest BCUT2D eigenvalue weighted by Crippen LogP contribution is 2.38. The first kappa shape index (κ1) is 23.2. The van der Waals surface area contributed by atoms with Gasteiger partial charge in [-0.15, -0.1) is 0 Å². The summed E-state index contributed by atoms with van der Waals surface area (Å²) in [5.41, 5.74) is 6.40. The summed E-state index contributed by atoms with van der Waals surface area (Å²) in [7, 11) is 3.25. The maximum absolute atomic E-state index is 13.0. The number of benzene rings is 3. The fourth-order valence-corrected chi connectivity index (χ4v) is 4.94. The van der Waals surface area contributed by atoms with Gasteiger partial charge in [-0.05, 0) is 95.7 Å². The number of pyridine rings is 1. The molecule has 5 rings (SSSR count). The highest BCUT2D eigenvalue weighted by atomic mass is 79.9. The maximum Gasteiger partial charge on any atom is 0.255 e. The molecule has 0 radical (unpaired) electrons. The van der Waals surface area contributed by atoms with E-state index in [1.165, 1.54) is 5.56 Å². The smallest absolute Gasteiger partial charge is 0.255 e. The molecule has 2 N–H and O–H groups in total. The Morgan fingerprint density at radius 3 is 2.57 bits per heavy atom. The number of methoxy groups -OCH3 is 2. The van der Waals surface area contributed by atoms with Gasteiger partial charge in [0.2, 0.25) is 0 Å². The highest BCUT2D eigenvalue weighted by molar-refractivity contribution is 9.10. The number of amides is 1. The number of hydrogen-bond donors (Lipinski definition) is 2. The zero-order chi connectivity index (χ0) is 24.4. The third-order valence-electron chi connectivity index (χ3n) is 6.30. The van der Waals surface area contributed by atoms with Crippen molar-refractivity contribution in [3.63, 3.8) is 0 Å². The number of halogens is 1. The van der Waals surface area contributed by atoms with E-state index in [9.17, 15) is 4.79 Å². The fourth-order valence-electron chi connectivity index (χ4n) is 4.53. The van der Waals surface area contributed by atoms with Crippen molar-refractivity contribution in [1.29, 1.82) is 0 Å². The summed E-state index contributed by atoms with van der Waals surface area (Å²) >= 11 is 3.43. The van der Waals surface area contributed by atoms with Crippen LogP contribution in [0.2, 0.25) is 0 Å². The fraction of sp³-hybridized carbons (Fsp3) is 0.214. The van der Waals surface area contributed by atoms with E-state index in [1.54, 1.807) is 32.4 Å². The average molecular weight is 532 g/mol. The molecule has 0 aliphatic heterocycles. The van der Waals surface area contributed by atoms with Crippen LogP contribution >= 0.6 is 15.9 Å². The average Bonchev–Trinajstić information content (AvgIpc) is 2.89. The van der Waals surface area contributed by atoms with E-state index >= 15 is 0 Å². The number of hydrogen-bond acceptors (Lipinski definition) is 5. The van der Waals surface area contributed by atoms with Crippen LogP contribution in [0.15, 0.2) is 65.1 Å². The molecular formula is C28H26BrN3O3. The molecular weight excluding hydrogens is 506 g/mol. The van der Waals surface area contributed by atoms with Crippen molar-refractivity contribution in [2.75, 3.05) is 24.9 Å². The lowest BCUT2D eigenvalue weighted by atomic mass is 9.92. The molecule has 0 fully saturated rings. The second-order valence-corrected chi connectivity index (χ2v) is 9.33. The van der Waals surface area contributed by atoms with Gasteiger partial charge in [0.1, 0.15) is 11.5 Å². The van der Waals surface area contributed by atoms with Crippen LogP contribution < -0.4 is 20.1 Å². The zero-order valence-corrected chi connectivity index (χ0v) is 21.2. The number of carbonyl (C=O) groups is 1. The third kappa shape index (κ3) is 4.68. The van der Waals surface area contributed by atoms with Gasteiger partial charge in [-0.25, -0.2) is 0 Å². The van der Waals surface area contributed by atoms with E-state index in [0.717, 1.165) is 63.9 Å². The molecule has 1 amide bonds. The van der Waals surface area contributed by atoms with Crippen LogP contribution in [0.1, 0.15) is 34.5 Å². The van der Waals surface area contributed by atoms with Crippen LogP contribution in [0.5, 0.6) is 11.5 Å². The summed E-state index contributed by atoms with van der Waals surface area (Å²) in [5.74, 6) is 1.17. The van der Waals surface area contributed by atoms with Crippen LogP contribution in [0.25, 0.3) is 10.9 Å². The van der Waals surface area contributed by atoms with Gasteiger partial charge >= 0.3 is 0 Å². The molecule has 1 aliphatic rings. The number of para-hydroxylation sites is 2. The minimum absolute atomic E-state index is 0.208. The predicted octanol–water partition coefficient (Wildman–Crippen LogP) is 6.89. The van der Waals surface area contributed by atoms with E-state index in [-0.39, 0.29) is 5.91 Å². The highest BCUT2D eigenvalue weighted by Gasteiger charge is 2.20. The van der Waals surface area contributed by atoms with Crippen molar-refractivity contribution in [2.24, 2.45) is 0 Å². The minimum atomic E-state index is -0.208. The van der Waals surface area contributed by atoms with Crippen molar-refractivity contribution in [3.05, 3.63) is 82.0 Å². The maximum atomic E-state index is 13.0. The normalized spacial score (nSPS) is 12.7. The molecule has 4 aromatic rings. The molecule has 0 atom stereocenters. The number of aryl methyl sites for hydroxylation is 1. The molecule has 0 unspecified atom stereocenters. The number of ether oxygens (including phenoxy) is 2. The molecule has 3 aromatic carbocycles. The van der Waals surface area contributed by atoms with E-state index in [2.05, 4.69) is 26.6 Å². The molecule has 1 heterocycles. The molecule has 7 heteroatoms. The molecule has 0 spiro atoms. The lowest BCUT2D eigenvalue weighted by molar-refractivity contribution is 0.102. The lowest BCUT2D eigenvalue weighted by Crippen LogP contribution is -2.13. The molecule has 1 aromatic heterocycles. The Morgan fingerprint density at radius 1 is 0.943 bits per heavy atom. The van der Waals surface area contributed by atoms with Crippen molar-refractivity contribution in [1.82, 2.24) is 4.98 Å². The first-order chi connectivity index (χ1) is 17.1. The quantitative estimate of drug-likeness (QED) is 0.283. The van der Waals surface area contributed by atoms with Gasteiger partial charge in [-0.2, -0.15) is 0 Å². The van der Waals surface area contributed by atoms with Crippen molar-refractivity contribution >= 4 is 49.8 Å². The Hall–Kier alpha value is -3.58. The summed E-state index contributed by atoms with van der Waals surface area (Å²) in [4.78, 5) is 18.0. The number of fused-ring (bicyclic) bond motifs is 2. The number of rotatable bonds is 6. The second kappa shape index (κ2) is 9.96.